The summed E-state index contributed by atoms with van der Waals surface area (Å²) in [6.45, 7) is 13.0. The van der Waals surface area contributed by atoms with E-state index >= 15 is 0 Å². The number of hydrogen-bond donors (Lipinski definition) is 1. The van der Waals surface area contributed by atoms with Gasteiger partial charge in [0.25, 0.3) is 0 Å². The fourth-order valence-electron chi connectivity index (χ4n) is 1.86. The monoisotopic (exact) mass is 287 g/mol. The van der Waals surface area contributed by atoms with Gasteiger partial charge in [-0.15, -0.1) is 0 Å². The van der Waals surface area contributed by atoms with Crippen molar-refractivity contribution in [3.8, 4) is 0 Å². The molecule has 0 rings (SSSR count). The molecular weight excluding hydrogens is 258 g/mol. The fraction of sp³-hybridized carbons (Fsp3) is 0.867. The molecule has 1 N–H and O–H groups in total. The molecule has 0 aliphatic carbocycles. The number of carbonyl (C=O) groups excluding carboxylic acids is 2. The van der Waals surface area contributed by atoms with Crippen molar-refractivity contribution < 1.29 is 19.1 Å². The summed E-state index contributed by atoms with van der Waals surface area (Å²) in [5.41, 5.74) is -1.38. The Bertz CT molecular complexity index is 342. The van der Waals surface area contributed by atoms with Crippen LogP contribution in [0.2, 0.25) is 0 Å². The minimum atomic E-state index is -0.810. The first-order valence-corrected chi connectivity index (χ1v) is 6.98. The highest BCUT2D eigenvalue weighted by molar-refractivity contribution is 5.78. The zero-order chi connectivity index (χ0) is 16.1. The van der Waals surface area contributed by atoms with Crippen LogP contribution in [-0.4, -0.2) is 30.8 Å². The predicted octanol–water partition coefficient (Wildman–Crippen LogP) is 3.13. The molecule has 0 aliphatic rings. The summed E-state index contributed by atoms with van der Waals surface area (Å²) in [6.07, 6.45) is 0.154. The average molecular weight is 287 g/mol. The first kappa shape index (κ1) is 18.7. The van der Waals surface area contributed by atoms with E-state index in [1.807, 2.05) is 13.8 Å². The van der Waals surface area contributed by atoms with Crippen LogP contribution in [-0.2, 0) is 14.3 Å². The lowest BCUT2D eigenvalue weighted by atomic mass is 9.80. The Morgan fingerprint density at radius 3 is 1.95 bits per heavy atom. The van der Waals surface area contributed by atoms with Gasteiger partial charge in [-0.25, -0.2) is 4.79 Å². The van der Waals surface area contributed by atoms with E-state index in [2.05, 4.69) is 5.32 Å². The lowest BCUT2D eigenvalue weighted by molar-refractivity contribution is -0.152. The molecule has 0 radical (unpaired) electrons. The second-order valence-electron chi connectivity index (χ2n) is 7.04. The highest BCUT2D eigenvalue weighted by atomic mass is 16.6. The molecule has 0 saturated heterocycles. The molecule has 1 amide bonds. The topological polar surface area (TPSA) is 64.6 Å². The summed E-state index contributed by atoms with van der Waals surface area (Å²) < 4.78 is 10.1. The number of carbonyl (C=O) groups is 2. The fourth-order valence-corrected chi connectivity index (χ4v) is 1.86. The van der Waals surface area contributed by atoms with Crippen molar-refractivity contribution in [2.45, 2.75) is 66.5 Å². The Morgan fingerprint density at radius 2 is 1.60 bits per heavy atom. The molecular formula is C15H29NO4. The number of hydrogen-bond acceptors (Lipinski definition) is 4. The lowest BCUT2D eigenvalue weighted by Gasteiger charge is -2.34. The van der Waals surface area contributed by atoms with E-state index in [-0.39, 0.29) is 12.0 Å². The Kier molecular flexibility index (Phi) is 6.51. The van der Waals surface area contributed by atoms with Crippen molar-refractivity contribution in [1.82, 2.24) is 5.32 Å². The zero-order valence-electron chi connectivity index (χ0n) is 14.0. The van der Waals surface area contributed by atoms with Gasteiger partial charge in [-0.3, -0.25) is 4.79 Å². The molecule has 0 aromatic heterocycles. The quantitative estimate of drug-likeness (QED) is 0.789. The van der Waals surface area contributed by atoms with Gasteiger partial charge in [0.05, 0.1) is 12.5 Å². The molecule has 5 heteroatoms. The van der Waals surface area contributed by atoms with Crippen molar-refractivity contribution in [2.75, 3.05) is 7.11 Å². The van der Waals surface area contributed by atoms with Crippen molar-refractivity contribution >= 4 is 12.1 Å². The number of ether oxygens (including phenoxy) is 2. The Labute approximate surface area is 122 Å². The first-order valence-electron chi connectivity index (χ1n) is 6.98. The van der Waals surface area contributed by atoms with E-state index in [0.29, 0.717) is 12.3 Å². The van der Waals surface area contributed by atoms with Crippen LogP contribution in [0.1, 0.15) is 54.9 Å². The van der Waals surface area contributed by atoms with Crippen molar-refractivity contribution in [3.63, 3.8) is 0 Å². The van der Waals surface area contributed by atoms with Crippen LogP contribution < -0.4 is 5.32 Å². The summed E-state index contributed by atoms with van der Waals surface area (Å²) >= 11 is 0. The molecule has 0 saturated carbocycles. The van der Waals surface area contributed by atoms with Gasteiger partial charge in [0.2, 0.25) is 0 Å². The van der Waals surface area contributed by atoms with Gasteiger partial charge in [0.1, 0.15) is 5.60 Å². The first-order chi connectivity index (χ1) is 8.90. The third-order valence-electron chi connectivity index (χ3n) is 2.98. The predicted molar refractivity (Wildman–Crippen MR) is 78.4 cm³/mol. The van der Waals surface area contributed by atoms with Crippen molar-refractivity contribution in [1.29, 1.82) is 0 Å². The summed E-state index contributed by atoms with van der Waals surface area (Å²) in [6, 6.07) is -0.343. The molecule has 1 unspecified atom stereocenters. The lowest BCUT2D eigenvalue weighted by Crippen LogP contribution is -2.51. The molecule has 0 spiro atoms. The van der Waals surface area contributed by atoms with Crippen LogP contribution >= 0.6 is 0 Å². The maximum absolute atomic E-state index is 11.9. The van der Waals surface area contributed by atoms with E-state index in [0.717, 1.165) is 0 Å². The van der Waals surface area contributed by atoms with E-state index in [9.17, 15) is 9.59 Å². The maximum atomic E-state index is 11.9. The smallest absolute Gasteiger partial charge is 0.407 e. The second kappa shape index (κ2) is 6.95. The van der Waals surface area contributed by atoms with Gasteiger partial charge in [-0.05, 0) is 47.0 Å². The van der Waals surface area contributed by atoms with Crippen LogP contribution in [0, 0.1) is 11.3 Å². The number of alkyl carbamates (subject to hydrolysis) is 1. The minimum Gasteiger partial charge on any atom is -0.469 e. The Morgan fingerprint density at radius 1 is 1.10 bits per heavy atom. The van der Waals surface area contributed by atoms with Gasteiger partial charge in [0.15, 0.2) is 0 Å². The number of rotatable bonds is 5. The highest BCUT2D eigenvalue weighted by Crippen LogP contribution is 2.27. The maximum Gasteiger partial charge on any atom is 0.407 e. The summed E-state index contributed by atoms with van der Waals surface area (Å²) in [7, 11) is 1.35. The van der Waals surface area contributed by atoms with Crippen molar-refractivity contribution in [3.05, 3.63) is 0 Å². The van der Waals surface area contributed by atoms with Crippen molar-refractivity contribution in [2.24, 2.45) is 11.3 Å². The summed E-state index contributed by atoms with van der Waals surface area (Å²) in [4.78, 5) is 23.8. The summed E-state index contributed by atoms with van der Waals surface area (Å²) in [5, 5.41) is 2.80. The van der Waals surface area contributed by atoms with Crippen LogP contribution in [0.3, 0.4) is 0 Å². The zero-order valence-corrected chi connectivity index (χ0v) is 14.0. The molecule has 118 valence electrons. The van der Waals surface area contributed by atoms with Crippen LogP contribution in [0.15, 0.2) is 0 Å². The van der Waals surface area contributed by atoms with E-state index in [1.165, 1.54) is 7.11 Å². The highest BCUT2D eigenvalue weighted by Gasteiger charge is 2.39. The molecule has 0 fully saturated rings. The van der Waals surface area contributed by atoms with E-state index in [1.54, 1.807) is 34.6 Å². The van der Waals surface area contributed by atoms with Gasteiger partial charge < -0.3 is 14.8 Å². The largest absolute Gasteiger partial charge is 0.469 e. The second-order valence-corrected chi connectivity index (χ2v) is 7.04. The van der Waals surface area contributed by atoms with Crippen LogP contribution in [0.4, 0.5) is 4.79 Å². The average Bonchev–Trinajstić information content (AvgIpc) is 2.23. The van der Waals surface area contributed by atoms with Crippen LogP contribution in [0.25, 0.3) is 0 Å². The normalized spacial score (nSPS) is 13.8. The molecule has 0 aromatic carbocycles. The number of esters is 1. The summed E-state index contributed by atoms with van der Waals surface area (Å²) in [5.74, 6) is -0.0157. The van der Waals surface area contributed by atoms with Crippen LogP contribution in [0.5, 0.6) is 0 Å². The van der Waals surface area contributed by atoms with E-state index < -0.39 is 17.1 Å². The number of nitrogens with one attached hydrogen (secondary N) is 1. The molecule has 20 heavy (non-hydrogen) atoms. The molecule has 0 aromatic rings. The molecule has 1 atom stereocenters. The number of amides is 1. The van der Waals surface area contributed by atoms with Gasteiger partial charge in [-0.1, -0.05) is 13.8 Å². The third-order valence-corrected chi connectivity index (χ3v) is 2.98. The Balaban J connectivity index is 4.99. The molecule has 0 aliphatic heterocycles. The molecule has 5 nitrogen and oxygen atoms in total. The van der Waals surface area contributed by atoms with Gasteiger partial charge in [0, 0.05) is 6.04 Å². The molecule has 0 bridgehead atoms. The molecule has 0 heterocycles. The minimum absolute atomic E-state index is 0.332. The van der Waals surface area contributed by atoms with Gasteiger partial charge in [-0.2, -0.15) is 0 Å². The van der Waals surface area contributed by atoms with E-state index in [4.69, 9.17) is 9.47 Å². The number of methoxy groups -OCH3 is 1. The SMILES string of the molecule is COC(=O)C(C)(C)C(CC(C)C)NC(=O)OC(C)(C)C. The van der Waals surface area contributed by atoms with Gasteiger partial charge >= 0.3 is 12.1 Å². The standard InChI is InChI=1S/C15H29NO4/c1-10(2)9-11(15(6,7)12(17)19-8)16-13(18)20-14(3,4)5/h10-11H,9H2,1-8H3,(H,16,18). The third kappa shape index (κ3) is 6.26. The Hall–Kier alpha value is -1.26.